The Balaban J connectivity index is 0.00000721. The van der Waals surface area contributed by atoms with Crippen LogP contribution in [-0.2, 0) is 48.1 Å². The van der Waals surface area contributed by atoms with Gasteiger partial charge in [-0.3, -0.25) is 0 Å². The molecule has 0 bridgehead atoms. The summed E-state index contributed by atoms with van der Waals surface area (Å²) in [6.45, 7) is 29.8. The Morgan fingerprint density at radius 2 is 0.964 bits per heavy atom. The van der Waals surface area contributed by atoms with Gasteiger partial charge >= 0.3 is 0 Å². The average Bonchev–Trinajstić information content (AvgIpc) is 4.22. The second-order valence-corrected chi connectivity index (χ2v) is 25.9. The van der Waals surface area contributed by atoms with Crippen molar-refractivity contribution in [2.45, 2.75) is 110 Å². The number of hydrogen-bond donors (Lipinski definition) is 0. The average molecular weight is 1270 g/mol. The first-order valence-corrected chi connectivity index (χ1v) is 28.8. The summed E-state index contributed by atoms with van der Waals surface area (Å²) in [5.41, 5.74) is 16.9. The predicted octanol–water partition coefficient (Wildman–Crippen LogP) is 20.2. The standard InChI is InChI=1S/C77H73N4O.Pt/c1-73(2,3)57-39-40-78-72(48-57)81-68-37-33-53(52-25-17-13-18-26-52)41-67(68)66-36-35-64(50-70(66)81)82-65-46-59(74(4,5)6)43-63(49-65)80-51-79(69-38-34-58(47-71(69)80)75(7,8)54-27-19-14-20-28-54)62-44-60(76(9,10)55-29-21-15-22-30-55)42-61(45-62)77(11,12)56-31-23-16-24-32-56;/h13-48,51H,1-12H3;/q-3;. The number of aromatic nitrogens is 2. The third kappa shape index (κ3) is 10.7. The molecule has 0 atom stereocenters. The summed E-state index contributed by atoms with van der Waals surface area (Å²) < 4.78 is 9.35. The van der Waals surface area contributed by atoms with Gasteiger partial charge in [0.2, 0.25) is 0 Å². The van der Waals surface area contributed by atoms with Crippen molar-refractivity contribution in [2.75, 3.05) is 9.80 Å². The fourth-order valence-corrected chi connectivity index (χ4v) is 11.8. The molecule has 0 saturated heterocycles. The van der Waals surface area contributed by atoms with Crippen LogP contribution in [0.4, 0.5) is 22.7 Å². The van der Waals surface area contributed by atoms with E-state index in [-0.39, 0.29) is 48.1 Å². The molecule has 83 heavy (non-hydrogen) atoms. The van der Waals surface area contributed by atoms with E-state index in [1.165, 1.54) is 44.5 Å². The van der Waals surface area contributed by atoms with Gasteiger partial charge < -0.3 is 19.1 Å². The molecule has 1 aliphatic heterocycles. The Labute approximate surface area is 506 Å². The van der Waals surface area contributed by atoms with Crippen molar-refractivity contribution >= 4 is 44.6 Å². The number of nitrogens with zero attached hydrogens (tertiary/aromatic N) is 4. The fraction of sp³-hybridized carbons (Fsp3) is 0.221. The number of benzene rings is 9. The van der Waals surface area contributed by atoms with Crippen molar-refractivity contribution in [3.8, 4) is 28.4 Å². The molecule has 0 amide bonds. The van der Waals surface area contributed by atoms with E-state index in [4.69, 9.17) is 9.72 Å². The SMILES string of the molecule is CC(C)(C)c1cc(Oc2[c-]c3c(cc2)c2cc(-c4ccccc4)ccc2n3-c2cc(C(C)(C)C)ccn2)[c-]c(N2[CH-]N(c3cc(C(C)(C)c4ccccc4)cc(C(C)(C)c4ccccc4)c3)c3ccc(C(C)(C)c4ccccc4)cc32)c1.[Pt]. The Hall–Kier alpha value is -7.98. The van der Waals surface area contributed by atoms with Crippen LogP contribution in [0.15, 0.2) is 219 Å². The third-order valence-electron chi connectivity index (χ3n) is 17.3. The maximum atomic E-state index is 7.11. The summed E-state index contributed by atoms with van der Waals surface area (Å²) in [5.74, 6) is 2.03. The molecule has 0 radical (unpaired) electrons. The summed E-state index contributed by atoms with van der Waals surface area (Å²) in [4.78, 5) is 9.72. The number of hydrogen-bond acceptors (Lipinski definition) is 4. The van der Waals surface area contributed by atoms with Gasteiger partial charge in [0.25, 0.3) is 0 Å². The van der Waals surface area contributed by atoms with E-state index in [9.17, 15) is 0 Å². The van der Waals surface area contributed by atoms with Crippen molar-refractivity contribution in [2.24, 2.45) is 0 Å². The zero-order chi connectivity index (χ0) is 57.3. The molecule has 3 heterocycles. The first-order valence-electron chi connectivity index (χ1n) is 28.8. The van der Waals surface area contributed by atoms with E-state index in [1.807, 2.05) is 12.3 Å². The van der Waals surface area contributed by atoms with Crippen LogP contribution in [-0.4, -0.2) is 9.55 Å². The minimum Gasteiger partial charge on any atom is -0.509 e. The Bertz CT molecular complexity index is 4080. The maximum absolute atomic E-state index is 7.11. The molecule has 0 fully saturated rings. The molecule has 0 unspecified atom stereocenters. The van der Waals surface area contributed by atoms with Gasteiger partial charge in [0.05, 0.1) is 0 Å². The number of ether oxygens (including phenoxy) is 1. The van der Waals surface area contributed by atoms with Crippen molar-refractivity contribution in [3.05, 3.63) is 282 Å². The molecule has 12 rings (SSSR count). The Morgan fingerprint density at radius 3 is 1.54 bits per heavy atom. The van der Waals surface area contributed by atoms with Crippen molar-refractivity contribution in [1.82, 2.24) is 9.55 Å². The number of anilines is 4. The van der Waals surface area contributed by atoms with Gasteiger partial charge in [0.15, 0.2) is 0 Å². The summed E-state index contributed by atoms with van der Waals surface area (Å²) >= 11 is 0. The Morgan fingerprint density at radius 1 is 0.398 bits per heavy atom. The largest absolute Gasteiger partial charge is 0.509 e. The molecule has 420 valence electrons. The van der Waals surface area contributed by atoms with Crippen LogP contribution in [0.25, 0.3) is 38.8 Å². The minimum absolute atomic E-state index is 0. The van der Waals surface area contributed by atoms with Crippen LogP contribution in [0.5, 0.6) is 11.5 Å². The molecular weight excluding hydrogens is 1190 g/mol. The molecule has 0 aliphatic carbocycles. The molecule has 9 aromatic carbocycles. The maximum Gasteiger partial charge on any atom is 0.135 e. The van der Waals surface area contributed by atoms with Gasteiger partial charge in [-0.1, -0.05) is 234 Å². The van der Waals surface area contributed by atoms with Crippen LogP contribution >= 0.6 is 0 Å². The van der Waals surface area contributed by atoms with Crippen LogP contribution in [0.2, 0.25) is 0 Å². The van der Waals surface area contributed by atoms with Crippen molar-refractivity contribution in [1.29, 1.82) is 0 Å². The van der Waals surface area contributed by atoms with Crippen LogP contribution in [0.1, 0.15) is 128 Å². The molecule has 0 saturated carbocycles. The van der Waals surface area contributed by atoms with E-state index >= 15 is 0 Å². The molecule has 6 heteroatoms. The van der Waals surface area contributed by atoms with Crippen molar-refractivity contribution in [3.63, 3.8) is 0 Å². The molecule has 1 aliphatic rings. The number of fused-ring (bicyclic) bond motifs is 4. The van der Waals surface area contributed by atoms with Gasteiger partial charge in [-0.25, -0.2) is 4.98 Å². The number of rotatable bonds is 12. The zero-order valence-electron chi connectivity index (χ0n) is 49.9. The smallest absolute Gasteiger partial charge is 0.135 e. The zero-order valence-corrected chi connectivity index (χ0v) is 52.1. The third-order valence-corrected chi connectivity index (χ3v) is 17.3. The second-order valence-electron chi connectivity index (χ2n) is 25.9. The topological polar surface area (TPSA) is 33.5 Å². The van der Waals surface area contributed by atoms with Gasteiger partial charge in [-0.05, 0) is 109 Å². The fourth-order valence-electron chi connectivity index (χ4n) is 11.8. The quantitative estimate of drug-likeness (QED) is 0.114. The first kappa shape index (κ1) is 56.9. The number of pyridine rings is 1. The Kier molecular flexibility index (Phi) is 14.8. The van der Waals surface area contributed by atoms with E-state index in [1.54, 1.807) is 0 Å². The molecule has 0 spiro atoms. The second kappa shape index (κ2) is 21.6. The van der Waals surface area contributed by atoms with Gasteiger partial charge in [-0.2, -0.15) is 6.07 Å². The summed E-state index contributed by atoms with van der Waals surface area (Å²) in [6, 6.07) is 84.8. The van der Waals surface area contributed by atoms with E-state index in [0.29, 0.717) is 11.5 Å². The normalized spacial score (nSPS) is 13.1. The molecule has 0 N–H and O–H groups in total. The monoisotopic (exact) mass is 1260 g/mol. The van der Waals surface area contributed by atoms with Crippen LogP contribution in [0.3, 0.4) is 0 Å². The molecule has 5 nitrogen and oxygen atoms in total. The van der Waals surface area contributed by atoms with E-state index < -0.39 is 0 Å². The van der Waals surface area contributed by atoms with Crippen LogP contribution in [0, 0.1) is 18.8 Å². The van der Waals surface area contributed by atoms with E-state index in [0.717, 1.165) is 61.5 Å². The molecular formula is C77H73N4OPt-3. The van der Waals surface area contributed by atoms with Crippen molar-refractivity contribution < 1.29 is 25.8 Å². The van der Waals surface area contributed by atoms with E-state index in [2.05, 4.69) is 323 Å². The first-order chi connectivity index (χ1) is 39.1. The molecule has 11 aromatic rings. The van der Waals surface area contributed by atoms with Gasteiger partial charge in [-0.15, -0.1) is 53.6 Å². The van der Waals surface area contributed by atoms with Crippen LogP contribution < -0.4 is 14.5 Å². The summed E-state index contributed by atoms with van der Waals surface area (Å²) in [5, 5.41) is 2.19. The summed E-state index contributed by atoms with van der Waals surface area (Å²) in [7, 11) is 0. The minimum atomic E-state index is -0.307. The van der Waals surface area contributed by atoms with Gasteiger partial charge in [0.1, 0.15) is 5.82 Å². The van der Waals surface area contributed by atoms with Gasteiger partial charge in [0, 0.05) is 77.6 Å². The summed E-state index contributed by atoms with van der Waals surface area (Å²) in [6.07, 6.45) is 1.92. The predicted molar refractivity (Wildman–Crippen MR) is 343 cm³/mol. The molecule has 2 aromatic heterocycles.